The van der Waals surface area contributed by atoms with E-state index < -0.39 is 0 Å². The molecule has 0 saturated carbocycles. The van der Waals surface area contributed by atoms with Crippen molar-refractivity contribution in [3.05, 3.63) is 34.3 Å². The van der Waals surface area contributed by atoms with E-state index >= 15 is 0 Å². The Morgan fingerprint density at radius 2 is 2.00 bits per heavy atom. The summed E-state index contributed by atoms with van der Waals surface area (Å²) in [5, 5.41) is 0. The van der Waals surface area contributed by atoms with Crippen molar-refractivity contribution in [1.82, 2.24) is 9.80 Å². The fourth-order valence-corrected chi connectivity index (χ4v) is 3.37. The second-order valence-electron chi connectivity index (χ2n) is 5.61. The zero-order valence-electron chi connectivity index (χ0n) is 12.8. The highest BCUT2D eigenvalue weighted by atomic mass is 79.9. The number of amides is 1. The number of nitrogens with two attached hydrogens (primary N) is 1. The average molecular weight is 354 g/mol. The first kappa shape index (κ1) is 16.5. The molecule has 4 nitrogen and oxygen atoms in total. The standard InChI is InChI=1S/C16H24BrN3O/c1-3-15(18)16(13-5-4-6-14(17)11-13)20-9-7-19(8-10-20)12(2)21/h4-6,11,15-16H,3,7-10,18H2,1-2H3. The minimum atomic E-state index is 0.100. The molecule has 1 heterocycles. The van der Waals surface area contributed by atoms with E-state index in [0.29, 0.717) is 0 Å². The van der Waals surface area contributed by atoms with E-state index in [0.717, 1.165) is 37.1 Å². The van der Waals surface area contributed by atoms with Gasteiger partial charge < -0.3 is 10.6 Å². The summed E-state index contributed by atoms with van der Waals surface area (Å²) in [4.78, 5) is 15.8. The van der Waals surface area contributed by atoms with Crippen LogP contribution in [0.25, 0.3) is 0 Å². The molecule has 1 saturated heterocycles. The first-order valence-electron chi connectivity index (χ1n) is 7.53. The SMILES string of the molecule is CCC(N)C(c1cccc(Br)c1)N1CCN(C(C)=O)CC1. The molecule has 2 rings (SSSR count). The molecule has 5 heteroatoms. The van der Waals surface area contributed by atoms with E-state index in [-0.39, 0.29) is 18.0 Å². The molecule has 0 radical (unpaired) electrons. The fraction of sp³-hybridized carbons (Fsp3) is 0.562. The van der Waals surface area contributed by atoms with Crippen molar-refractivity contribution in [3.63, 3.8) is 0 Å². The van der Waals surface area contributed by atoms with Gasteiger partial charge in [-0.3, -0.25) is 9.69 Å². The Balaban J connectivity index is 2.16. The first-order chi connectivity index (χ1) is 10.0. The van der Waals surface area contributed by atoms with Gasteiger partial charge in [0.15, 0.2) is 0 Å². The van der Waals surface area contributed by atoms with Gasteiger partial charge in [0.1, 0.15) is 0 Å². The summed E-state index contributed by atoms with van der Waals surface area (Å²) in [7, 11) is 0. The third-order valence-electron chi connectivity index (χ3n) is 4.22. The maximum atomic E-state index is 11.5. The molecule has 21 heavy (non-hydrogen) atoms. The zero-order valence-corrected chi connectivity index (χ0v) is 14.3. The van der Waals surface area contributed by atoms with Gasteiger partial charge in [0.25, 0.3) is 0 Å². The highest BCUT2D eigenvalue weighted by Crippen LogP contribution is 2.28. The predicted octanol–water partition coefficient (Wildman–Crippen LogP) is 2.39. The highest BCUT2D eigenvalue weighted by molar-refractivity contribution is 9.10. The van der Waals surface area contributed by atoms with E-state index in [9.17, 15) is 4.79 Å². The second kappa shape index (κ2) is 7.38. The summed E-state index contributed by atoms with van der Waals surface area (Å²) in [5.41, 5.74) is 7.63. The van der Waals surface area contributed by atoms with Gasteiger partial charge in [-0.05, 0) is 24.1 Å². The minimum absolute atomic E-state index is 0.100. The van der Waals surface area contributed by atoms with E-state index in [2.05, 4.69) is 46.0 Å². The van der Waals surface area contributed by atoms with E-state index in [1.165, 1.54) is 5.56 Å². The van der Waals surface area contributed by atoms with Crippen LogP contribution >= 0.6 is 15.9 Å². The van der Waals surface area contributed by atoms with Crippen LogP contribution in [0.15, 0.2) is 28.7 Å². The van der Waals surface area contributed by atoms with Crippen LogP contribution in [-0.2, 0) is 4.79 Å². The molecule has 1 aliphatic rings. The molecule has 0 spiro atoms. The predicted molar refractivity (Wildman–Crippen MR) is 89.0 cm³/mol. The summed E-state index contributed by atoms with van der Waals surface area (Å²) in [6.07, 6.45) is 0.935. The quantitative estimate of drug-likeness (QED) is 0.903. The van der Waals surface area contributed by atoms with Gasteiger partial charge in [0.2, 0.25) is 5.91 Å². The lowest BCUT2D eigenvalue weighted by Gasteiger charge is -2.41. The Kier molecular flexibility index (Phi) is 5.79. The third-order valence-corrected chi connectivity index (χ3v) is 4.71. The molecule has 1 fully saturated rings. The maximum Gasteiger partial charge on any atom is 0.219 e. The zero-order chi connectivity index (χ0) is 15.4. The normalized spacial score (nSPS) is 19.3. The molecular weight excluding hydrogens is 330 g/mol. The maximum absolute atomic E-state index is 11.5. The number of halogens is 1. The number of hydrogen-bond acceptors (Lipinski definition) is 3. The van der Waals surface area contributed by atoms with Gasteiger partial charge in [-0.1, -0.05) is 35.0 Å². The molecule has 1 aliphatic heterocycles. The van der Waals surface area contributed by atoms with Crippen molar-refractivity contribution in [1.29, 1.82) is 0 Å². The van der Waals surface area contributed by atoms with Crippen LogP contribution in [0.4, 0.5) is 0 Å². The van der Waals surface area contributed by atoms with Crippen LogP contribution in [0, 0.1) is 0 Å². The van der Waals surface area contributed by atoms with Crippen LogP contribution in [-0.4, -0.2) is 47.9 Å². The molecular formula is C16H24BrN3O. The Hall–Kier alpha value is -0.910. The Morgan fingerprint density at radius 3 is 2.52 bits per heavy atom. The lowest BCUT2D eigenvalue weighted by atomic mass is 9.95. The van der Waals surface area contributed by atoms with Gasteiger partial charge in [0, 0.05) is 43.6 Å². The van der Waals surface area contributed by atoms with Crippen LogP contribution in [0.5, 0.6) is 0 Å². The molecule has 0 aliphatic carbocycles. The van der Waals surface area contributed by atoms with Gasteiger partial charge in [0.05, 0.1) is 6.04 Å². The van der Waals surface area contributed by atoms with Crippen molar-refractivity contribution in [2.24, 2.45) is 5.73 Å². The summed E-state index contributed by atoms with van der Waals surface area (Å²) in [5.74, 6) is 0.161. The number of carbonyl (C=O) groups is 1. The third kappa shape index (κ3) is 4.05. The summed E-state index contributed by atoms with van der Waals surface area (Å²) in [6.45, 7) is 7.10. The van der Waals surface area contributed by atoms with Crippen LogP contribution in [0.1, 0.15) is 31.9 Å². The second-order valence-corrected chi connectivity index (χ2v) is 6.53. The molecule has 2 N–H and O–H groups in total. The minimum Gasteiger partial charge on any atom is -0.340 e. The van der Waals surface area contributed by atoms with Crippen LogP contribution in [0.2, 0.25) is 0 Å². The van der Waals surface area contributed by atoms with Gasteiger partial charge in [-0.25, -0.2) is 0 Å². The van der Waals surface area contributed by atoms with Crippen molar-refractivity contribution in [2.45, 2.75) is 32.4 Å². The lowest BCUT2D eigenvalue weighted by Crippen LogP contribution is -2.52. The molecule has 1 aromatic carbocycles. The Labute approximate surface area is 135 Å². The molecule has 1 aromatic rings. The van der Waals surface area contributed by atoms with E-state index in [1.54, 1.807) is 6.92 Å². The van der Waals surface area contributed by atoms with E-state index in [4.69, 9.17) is 5.73 Å². The number of carbonyl (C=O) groups excluding carboxylic acids is 1. The van der Waals surface area contributed by atoms with Gasteiger partial charge in [-0.15, -0.1) is 0 Å². The number of piperazine rings is 1. The summed E-state index contributed by atoms with van der Waals surface area (Å²) in [6, 6.07) is 8.69. The fourth-order valence-electron chi connectivity index (χ4n) is 2.96. The van der Waals surface area contributed by atoms with Crippen LogP contribution < -0.4 is 5.73 Å². The topological polar surface area (TPSA) is 49.6 Å². The van der Waals surface area contributed by atoms with Crippen molar-refractivity contribution in [2.75, 3.05) is 26.2 Å². The van der Waals surface area contributed by atoms with Crippen molar-refractivity contribution >= 4 is 21.8 Å². The average Bonchev–Trinajstić information content (AvgIpc) is 2.48. The van der Waals surface area contributed by atoms with E-state index in [1.807, 2.05) is 11.0 Å². The highest BCUT2D eigenvalue weighted by Gasteiger charge is 2.29. The largest absolute Gasteiger partial charge is 0.340 e. The van der Waals surface area contributed by atoms with Gasteiger partial charge >= 0.3 is 0 Å². The van der Waals surface area contributed by atoms with Crippen molar-refractivity contribution in [3.8, 4) is 0 Å². The lowest BCUT2D eigenvalue weighted by molar-refractivity contribution is -0.130. The molecule has 116 valence electrons. The number of nitrogens with zero attached hydrogens (tertiary/aromatic N) is 2. The summed E-state index contributed by atoms with van der Waals surface area (Å²) < 4.78 is 1.08. The van der Waals surface area contributed by atoms with Crippen LogP contribution in [0.3, 0.4) is 0 Å². The van der Waals surface area contributed by atoms with Gasteiger partial charge in [-0.2, -0.15) is 0 Å². The summed E-state index contributed by atoms with van der Waals surface area (Å²) >= 11 is 3.54. The monoisotopic (exact) mass is 353 g/mol. The van der Waals surface area contributed by atoms with Crippen molar-refractivity contribution < 1.29 is 4.79 Å². The first-order valence-corrected chi connectivity index (χ1v) is 8.32. The number of rotatable bonds is 4. The molecule has 2 atom stereocenters. The molecule has 1 amide bonds. The number of hydrogen-bond donors (Lipinski definition) is 1. The molecule has 2 unspecified atom stereocenters. The smallest absolute Gasteiger partial charge is 0.219 e. The molecule has 0 aromatic heterocycles. The Morgan fingerprint density at radius 1 is 1.33 bits per heavy atom. The number of benzene rings is 1. The molecule has 0 bridgehead atoms. The Bertz CT molecular complexity index is 486.